The quantitative estimate of drug-likeness (QED) is 0.670. The second-order valence-corrected chi connectivity index (χ2v) is 4.58. The molecular formula is C13H25N3O. The molecule has 0 saturated heterocycles. The molecule has 0 aliphatic carbocycles. The first-order valence-corrected chi connectivity index (χ1v) is 6.47. The fourth-order valence-corrected chi connectivity index (χ4v) is 1.65. The van der Waals surface area contributed by atoms with Crippen LogP contribution in [0, 0.1) is 0 Å². The molecule has 0 saturated carbocycles. The van der Waals surface area contributed by atoms with Gasteiger partial charge in [0.05, 0.1) is 12.3 Å². The summed E-state index contributed by atoms with van der Waals surface area (Å²) >= 11 is 0. The minimum atomic E-state index is 0.458. The van der Waals surface area contributed by atoms with Crippen LogP contribution >= 0.6 is 0 Å². The van der Waals surface area contributed by atoms with E-state index in [4.69, 9.17) is 4.74 Å². The van der Waals surface area contributed by atoms with Crippen LogP contribution in [0.2, 0.25) is 0 Å². The first-order valence-electron chi connectivity index (χ1n) is 6.47. The van der Waals surface area contributed by atoms with E-state index < -0.39 is 0 Å². The normalized spacial score (nSPS) is 11.3. The summed E-state index contributed by atoms with van der Waals surface area (Å²) in [6.45, 7) is 7.10. The fraction of sp³-hybridized carbons (Fsp3) is 0.769. The van der Waals surface area contributed by atoms with E-state index in [1.165, 1.54) is 18.5 Å². The van der Waals surface area contributed by atoms with Crippen LogP contribution in [0.25, 0.3) is 0 Å². The van der Waals surface area contributed by atoms with Gasteiger partial charge in [0.1, 0.15) is 0 Å². The van der Waals surface area contributed by atoms with Crippen LogP contribution in [-0.4, -0.2) is 36.6 Å². The Balaban J connectivity index is 2.05. The van der Waals surface area contributed by atoms with Crippen LogP contribution in [0.1, 0.15) is 38.4 Å². The number of aromatic nitrogens is 2. The molecule has 0 aliphatic heterocycles. The molecular weight excluding hydrogens is 214 g/mol. The van der Waals surface area contributed by atoms with Crippen molar-refractivity contribution in [2.75, 3.05) is 26.8 Å². The van der Waals surface area contributed by atoms with Gasteiger partial charge in [-0.3, -0.25) is 4.68 Å². The van der Waals surface area contributed by atoms with Gasteiger partial charge in [-0.1, -0.05) is 0 Å². The zero-order valence-electron chi connectivity index (χ0n) is 11.3. The molecule has 1 heterocycles. The molecule has 0 aliphatic rings. The first-order chi connectivity index (χ1) is 8.24. The number of hydrogen-bond acceptors (Lipinski definition) is 3. The Hall–Kier alpha value is -0.870. The largest absolute Gasteiger partial charge is 0.383 e. The summed E-state index contributed by atoms with van der Waals surface area (Å²) in [6, 6.07) is 2.58. The molecule has 0 amide bonds. The van der Waals surface area contributed by atoms with E-state index in [0.29, 0.717) is 6.04 Å². The molecule has 0 atom stereocenters. The van der Waals surface area contributed by atoms with Crippen LogP contribution in [0.15, 0.2) is 12.3 Å². The van der Waals surface area contributed by atoms with Crippen molar-refractivity contribution >= 4 is 0 Å². The molecule has 0 radical (unpaired) electrons. The predicted octanol–water partition coefficient (Wildman–Crippen LogP) is 2.02. The van der Waals surface area contributed by atoms with Crippen LogP contribution in [0.3, 0.4) is 0 Å². The van der Waals surface area contributed by atoms with Crippen LogP contribution in [-0.2, 0) is 11.2 Å². The smallest absolute Gasteiger partial charge is 0.0624 e. The van der Waals surface area contributed by atoms with E-state index in [-0.39, 0.29) is 0 Å². The molecule has 17 heavy (non-hydrogen) atoms. The summed E-state index contributed by atoms with van der Waals surface area (Å²) in [7, 11) is 1.73. The number of nitrogens with zero attached hydrogens (tertiary/aromatic N) is 2. The van der Waals surface area contributed by atoms with Crippen molar-refractivity contribution in [3.05, 3.63) is 18.0 Å². The van der Waals surface area contributed by atoms with Gasteiger partial charge in [0.15, 0.2) is 0 Å². The Kier molecular flexibility index (Phi) is 6.89. The van der Waals surface area contributed by atoms with Crippen molar-refractivity contribution in [1.82, 2.24) is 15.1 Å². The second kappa shape index (κ2) is 8.25. The number of unbranched alkanes of at least 4 members (excludes halogenated alkanes) is 1. The number of methoxy groups -OCH3 is 1. The third-order valence-corrected chi connectivity index (χ3v) is 2.71. The van der Waals surface area contributed by atoms with E-state index in [9.17, 15) is 0 Å². The Morgan fingerprint density at radius 1 is 1.35 bits per heavy atom. The molecule has 98 valence electrons. The van der Waals surface area contributed by atoms with Gasteiger partial charge < -0.3 is 10.1 Å². The maximum atomic E-state index is 4.97. The molecule has 0 aromatic carbocycles. The third kappa shape index (κ3) is 5.84. The molecule has 0 unspecified atom stereocenters. The van der Waals surface area contributed by atoms with Gasteiger partial charge >= 0.3 is 0 Å². The zero-order chi connectivity index (χ0) is 12.5. The lowest BCUT2D eigenvalue weighted by molar-refractivity contribution is 0.199. The summed E-state index contributed by atoms with van der Waals surface area (Å²) in [5.41, 5.74) is 1.20. The molecule has 1 aromatic rings. The fourth-order valence-electron chi connectivity index (χ4n) is 1.65. The standard InChI is InChI=1S/C13H25N3O/c1-12(2)16-10-7-13(15-16)6-4-5-8-14-9-11-17-3/h7,10,12,14H,4-6,8-9,11H2,1-3H3. The van der Waals surface area contributed by atoms with Gasteiger partial charge in [-0.25, -0.2) is 0 Å². The Bertz CT molecular complexity index is 297. The van der Waals surface area contributed by atoms with Gasteiger partial charge in [-0.2, -0.15) is 5.10 Å². The average molecular weight is 239 g/mol. The van der Waals surface area contributed by atoms with E-state index in [1.807, 2.05) is 4.68 Å². The van der Waals surface area contributed by atoms with E-state index >= 15 is 0 Å². The van der Waals surface area contributed by atoms with Crippen molar-refractivity contribution in [3.8, 4) is 0 Å². The monoisotopic (exact) mass is 239 g/mol. The minimum Gasteiger partial charge on any atom is -0.383 e. The summed E-state index contributed by atoms with van der Waals surface area (Å²) in [5.74, 6) is 0. The number of aryl methyl sites for hydroxylation is 1. The molecule has 1 rings (SSSR count). The number of hydrogen-bond donors (Lipinski definition) is 1. The molecule has 1 N–H and O–H groups in total. The first kappa shape index (κ1) is 14.2. The highest BCUT2D eigenvalue weighted by molar-refractivity contribution is 4.99. The summed E-state index contributed by atoms with van der Waals surface area (Å²) in [4.78, 5) is 0. The minimum absolute atomic E-state index is 0.458. The maximum absolute atomic E-state index is 4.97. The highest BCUT2D eigenvalue weighted by Gasteiger charge is 2.01. The number of nitrogens with one attached hydrogen (secondary N) is 1. The van der Waals surface area contributed by atoms with Crippen LogP contribution in [0.4, 0.5) is 0 Å². The Morgan fingerprint density at radius 2 is 2.18 bits per heavy atom. The number of ether oxygens (including phenoxy) is 1. The van der Waals surface area contributed by atoms with Gasteiger partial charge in [0.2, 0.25) is 0 Å². The summed E-state index contributed by atoms with van der Waals surface area (Å²) in [5, 5.41) is 7.88. The molecule has 1 aromatic heterocycles. The topological polar surface area (TPSA) is 39.1 Å². The molecule has 4 nitrogen and oxygen atoms in total. The second-order valence-electron chi connectivity index (χ2n) is 4.58. The van der Waals surface area contributed by atoms with E-state index in [0.717, 1.165) is 26.1 Å². The van der Waals surface area contributed by atoms with Crippen molar-refractivity contribution < 1.29 is 4.74 Å². The SMILES string of the molecule is COCCNCCCCc1ccn(C(C)C)n1. The highest BCUT2D eigenvalue weighted by atomic mass is 16.5. The van der Waals surface area contributed by atoms with Gasteiger partial charge in [0.25, 0.3) is 0 Å². The van der Waals surface area contributed by atoms with Gasteiger partial charge in [0, 0.05) is 25.9 Å². The van der Waals surface area contributed by atoms with Crippen molar-refractivity contribution in [3.63, 3.8) is 0 Å². The van der Waals surface area contributed by atoms with E-state index in [2.05, 4.69) is 36.5 Å². The molecule has 0 fully saturated rings. The molecule has 0 bridgehead atoms. The highest BCUT2D eigenvalue weighted by Crippen LogP contribution is 2.06. The van der Waals surface area contributed by atoms with Crippen LogP contribution < -0.4 is 5.32 Å². The zero-order valence-corrected chi connectivity index (χ0v) is 11.3. The summed E-state index contributed by atoms with van der Waals surface area (Å²) < 4.78 is 6.99. The lowest BCUT2D eigenvalue weighted by atomic mass is 10.2. The average Bonchev–Trinajstić information content (AvgIpc) is 2.77. The number of rotatable bonds is 9. The van der Waals surface area contributed by atoms with Crippen molar-refractivity contribution in [1.29, 1.82) is 0 Å². The van der Waals surface area contributed by atoms with Crippen LogP contribution in [0.5, 0.6) is 0 Å². The molecule has 4 heteroatoms. The summed E-state index contributed by atoms with van der Waals surface area (Å²) in [6.07, 6.45) is 5.52. The Labute approximate surface area is 104 Å². The van der Waals surface area contributed by atoms with Gasteiger partial charge in [-0.05, 0) is 45.7 Å². The lowest BCUT2D eigenvalue weighted by Crippen LogP contribution is -2.20. The van der Waals surface area contributed by atoms with Crippen molar-refractivity contribution in [2.24, 2.45) is 0 Å². The molecule has 0 spiro atoms. The van der Waals surface area contributed by atoms with Crippen molar-refractivity contribution in [2.45, 2.75) is 39.2 Å². The predicted molar refractivity (Wildman–Crippen MR) is 70.3 cm³/mol. The Morgan fingerprint density at radius 3 is 2.82 bits per heavy atom. The third-order valence-electron chi connectivity index (χ3n) is 2.71. The van der Waals surface area contributed by atoms with E-state index in [1.54, 1.807) is 7.11 Å². The lowest BCUT2D eigenvalue weighted by Gasteiger charge is -2.04. The maximum Gasteiger partial charge on any atom is 0.0624 e. The van der Waals surface area contributed by atoms with Gasteiger partial charge in [-0.15, -0.1) is 0 Å².